The van der Waals surface area contributed by atoms with Crippen molar-refractivity contribution in [1.82, 2.24) is 5.32 Å². The molecule has 5 nitrogen and oxygen atoms in total. The lowest BCUT2D eigenvalue weighted by Gasteiger charge is -2.26. The molecular formula is C14H21NO4. The lowest BCUT2D eigenvalue weighted by molar-refractivity contribution is -0.148. The number of carbonyl (C=O) groups is 2. The molecule has 2 aliphatic rings. The van der Waals surface area contributed by atoms with E-state index in [1.165, 1.54) is 0 Å². The summed E-state index contributed by atoms with van der Waals surface area (Å²) in [5.74, 6) is -1.93. The van der Waals surface area contributed by atoms with Gasteiger partial charge in [-0.05, 0) is 24.7 Å². The van der Waals surface area contributed by atoms with Crippen molar-refractivity contribution < 1.29 is 19.4 Å². The molecule has 5 heteroatoms. The number of aliphatic carboxylic acids is 1. The van der Waals surface area contributed by atoms with Gasteiger partial charge in [-0.25, -0.2) is 0 Å². The van der Waals surface area contributed by atoms with Crippen molar-refractivity contribution in [3.05, 3.63) is 12.2 Å². The molecule has 0 aromatic carbocycles. The maximum atomic E-state index is 12.3. The van der Waals surface area contributed by atoms with Crippen LogP contribution in [0.2, 0.25) is 0 Å². The van der Waals surface area contributed by atoms with Crippen molar-refractivity contribution in [2.24, 2.45) is 23.7 Å². The number of hydrogen-bond acceptors (Lipinski definition) is 3. The van der Waals surface area contributed by atoms with Gasteiger partial charge in [-0.1, -0.05) is 19.1 Å². The molecule has 0 aromatic heterocycles. The van der Waals surface area contributed by atoms with E-state index in [1.54, 1.807) is 7.11 Å². The molecule has 0 saturated heterocycles. The number of carboxylic acids is 1. The zero-order valence-corrected chi connectivity index (χ0v) is 11.3. The molecule has 19 heavy (non-hydrogen) atoms. The van der Waals surface area contributed by atoms with E-state index in [9.17, 15) is 14.7 Å². The van der Waals surface area contributed by atoms with Gasteiger partial charge < -0.3 is 15.2 Å². The second kappa shape index (κ2) is 5.74. The number of methoxy groups -OCH3 is 1. The highest BCUT2D eigenvalue weighted by atomic mass is 16.5. The Balaban J connectivity index is 2.05. The van der Waals surface area contributed by atoms with Gasteiger partial charge in [0.1, 0.15) is 0 Å². The van der Waals surface area contributed by atoms with Gasteiger partial charge in [-0.2, -0.15) is 0 Å². The van der Waals surface area contributed by atoms with Gasteiger partial charge >= 0.3 is 5.97 Å². The third-order valence-electron chi connectivity index (χ3n) is 4.25. The van der Waals surface area contributed by atoms with Crippen LogP contribution in [-0.4, -0.2) is 36.7 Å². The summed E-state index contributed by atoms with van der Waals surface area (Å²) in [6.07, 6.45) is 5.50. The Kier molecular flexibility index (Phi) is 4.24. The number of allylic oxidation sites excluding steroid dienone is 2. The minimum Gasteiger partial charge on any atom is -0.481 e. The van der Waals surface area contributed by atoms with Crippen LogP contribution in [0.1, 0.15) is 19.8 Å². The molecule has 1 amide bonds. The van der Waals surface area contributed by atoms with Crippen LogP contribution in [0.15, 0.2) is 12.2 Å². The maximum absolute atomic E-state index is 12.3. The van der Waals surface area contributed by atoms with Gasteiger partial charge in [-0.3, -0.25) is 9.59 Å². The molecule has 1 saturated carbocycles. The number of amides is 1. The average Bonchev–Trinajstić information content (AvgIpc) is 2.97. The van der Waals surface area contributed by atoms with E-state index in [0.29, 0.717) is 6.61 Å². The molecular weight excluding hydrogens is 246 g/mol. The van der Waals surface area contributed by atoms with Crippen LogP contribution in [0.4, 0.5) is 0 Å². The minimum absolute atomic E-state index is 0.0146. The molecule has 5 unspecified atom stereocenters. The smallest absolute Gasteiger partial charge is 0.307 e. The monoisotopic (exact) mass is 267 g/mol. The van der Waals surface area contributed by atoms with Gasteiger partial charge in [0, 0.05) is 7.11 Å². The first-order chi connectivity index (χ1) is 9.08. The molecule has 2 N–H and O–H groups in total. The molecule has 5 atom stereocenters. The van der Waals surface area contributed by atoms with Crippen molar-refractivity contribution in [2.45, 2.75) is 25.8 Å². The zero-order valence-electron chi connectivity index (χ0n) is 11.3. The van der Waals surface area contributed by atoms with Crippen molar-refractivity contribution in [3.8, 4) is 0 Å². The number of hydrogen-bond donors (Lipinski definition) is 2. The summed E-state index contributed by atoms with van der Waals surface area (Å²) in [4.78, 5) is 23.7. The highest BCUT2D eigenvalue weighted by molar-refractivity contribution is 5.87. The average molecular weight is 267 g/mol. The van der Waals surface area contributed by atoms with Crippen LogP contribution >= 0.6 is 0 Å². The first kappa shape index (κ1) is 14.1. The molecule has 0 aliphatic heterocycles. The second-order valence-corrected chi connectivity index (χ2v) is 5.41. The summed E-state index contributed by atoms with van der Waals surface area (Å²) in [6.45, 7) is 2.43. The summed E-state index contributed by atoms with van der Waals surface area (Å²) in [7, 11) is 1.59. The molecule has 2 aliphatic carbocycles. The summed E-state index contributed by atoms with van der Waals surface area (Å²) in [5, 5.41) is 12.2. The van der Waals surface area contributed by atoms with Crippen molar-refractivity contribution in [1.29, 1.82) is 0 Å². The molecule has 2 rings (SSSR count). The molecule has 0 heterocycles. The Morgan fingerprint density at radius 1 is 1.37 bits per heavy atom. The normalized spacial score (nSPS) is 33.4. The predicted octanol–water partition coefficient (Wildman–Crippen LogP) is 1.05. The van der Waals surface area contributed by atoms with E-state index in [4.69, 9.17) is 4.74 Å². The van der Waals surface area contributed by atoms with Crippen LogP contribution in [0.25, 0.3) is 0 Å². The van der Waals surface area contributed by atoms with E-state index in [2.05, 4.69) is 5.32 Å². The Hall–Kier alpha value is -1.36. The standard InChI is InChI=1S/C14H21NO4/c1-3-10(7-19-2)15-13(16)11-8-4-5-9(6-8)12(11)14(17)18/h4-5,8-12H,3,6-7H2,1-2H3,(H,15,16)(H,17,18). The maximum Gasteiger partial charge on any atom is 0.307 e. The molecule has 0 radical (unpaired) electrons. The topological polar surface area (TPSA) is 75.6 Å². The fourth-order valence-corrected chi connectivity index (χ4v) is 3.28. The number of carbonyl (C=O) groups excluding carboxylic acids is 1. The van der Waals surface area contributed by atoms with Crippen molar-refractivity contribution >= 4 is 11.9 Å². The van der Waals surface area contributed by atoms with E-state index in [0.717, 1.165) is 12.8 Å². The molecule has 106 valence electrons. The number of fused-ring (bicyclic) bond motifs is 2. The largest absolute Gasteiger partial charge is 0.481 e. The minimum atomic E-state index is -0.864. The number of carboxylic acid groups (broad SMARTS) is 1. The lowest BCUT2D eigenvalue weighted by atomic mass is 9.82. The summed E-state index contributed by atoms with van der Waals surface area (Å²) in [5.41, 5.74) is 0. The van der Waals surface area contributed by atoms with E-state index in [1.807, 2.05) is 19.1 Å². The fraction of sp³-hybridized carbons (Fsp3) is 0.714. The van der Waals surface area contributed by atoms with Gasteiger partial charge in [0.25, 0.3) is 0 Å². The number of nitrogens with one attached hydrogen (secondary N) is 1. The molecule has 0 aromatic rings. The Bertz CT molecular complexity index is 393. The highest BCUT2D eigenvalue weighted by Crippen LogP contribution is 2.48. The number of ether oxygens (including phenoxy) is 1. The first-order valence-corrected chi connectivity index (χ1v) is 6.78. The van der Waals surface area contributed by atoms with E-state index >= 15 is 0 Å². The third kappa shape index (κ3) is 2.66. The van der Waals surface area contributed by atoms with Crippen LogP contribution in [0.3, 0.4) is 0 Å². The Labute approximate surface area is 113 Å². The quantitative estimate of drug-likeness (QED) is 0.705. The predicted molar refractivity (Wildman–Crippen MR) is 69.5 cm³/mol. The van der Waals surface area contributed by atoms with Crippen LogP contribution in [0.5, 0.6) is 0 Å². The van der Waals surface area contributed by atoms with E-state index < -0.39 is 17.8 Å². The highest BCUT2D eigenvalue weighted by Gasteiger charge is 2.51. The second-order valence-electron chi connectivity index (χ2n) is 5.41. The lowest BCUT2D eigenvalue weighted by Crippen LogP contribution is -2.45. The number of rotatable bonds is 6. The van der Waals surface area contributed by atoms with E-state index in [-0.39, 0.29) is 23.8 Å². The molecule has 1 fully saturated rings. The van der Waals surface area contributed by atoms with Crippen LogP contribution in [0, 0.1) is 23.7 Å². The van der Waals surface area contributed by atoms with Gasteiger partial charge in [-0.15, -0.1) is 0 Å². The van der Waals surface area contributed by atoms with Gasteiger partial charge in [0.2, 0.25) is 5.91 Å². The van der Waals surface area contributed by atoms with Crippen LogP contribution in [-0.2, 0) is 14.3 Å². The molecule has 0 spiro atoms. The van der Waals surface area contributed by atoms with Gasteiger partial charge in [0.05, 0.1) is 24.5 Å². The fourth-order valence-electron chi connectivity index (χ4n) is 3.28. The van der Waals surface area contributed by atoms with Crippen molar-refractivity contribution in [3.63, 3.8) is 0 Å². The summed E-state index contributed by atoms with van der Waals surface area (Å²) >= 11 is 0. The summed E-state index contributed by atoms with van der Waals surface area (Å²) in [6, 6.07) is -0.0462. The Morgan fingerprint density at radius 2 is 2.00 bits per heavy atom. The van der Waals surface area contributed by atoms with Gasteiger partial charge in [0.15, 0.2) is 0 Å². The summed E-state index contributed by atoms with van der Waals surface area (Å²) < 4.78 is 5.05. The Morgan fingerprint density at radius 3 is 2.53 bits per heavy atom. The van der Waals surface area contributed by atoms with Crippen LogP contribution < -0.4 is 5.32 Å². The SMILES string of the molecule is CCC(COC)NC(=O)C1C2C=CC(C2)C1C(=O)O. The zero-order chi connectivity index (χ0) is 14.0. The molecule has 2 bridgehead atoms. The van der Waals surface area contributed by atoms with Crippen molar-refractivity contribution in [2.75, 3.05) is 13.7 Å². The first-order valence-electron chi connectivity index (χ1n) is 6.78. The third-order valence-corrected chi connectivity index (χ3v) is 4.25.